The summed E-state index contributed by atoms with van der Waals surface area (Å²) in [5.74, 6) is 0. The smallest absolute Gasteiger partial charge is 0.0950 e. The van der Waals surface area contributed by atoms with E-state index in [0.717, 1.165) is 19.5 Å². The average molecular weight is 196 g/mol. The lowest BCUT2D eigenvalue weighted by Crippen LogP contribution is -2.31. The maximum Gasteiger partial charge on any atom is 0.0950 e. The van der Waals surface area contributed by atoms with Gasteiger partial charge in [-0.25, -0.2) is 0 Å². The SMILES string of the molecule is CCCNC(CN(C)C)c1ccoc1. The molecule has 1 unspecified atom stereocenters. The van der Waals surface area contributed by atoms with Gasteiger partial charge in [0.1, 0.15) is 0 Å². The predicted molar refractivity (Wildman–Crippen MR) is 58.3 cm³/mol. The molecule has 1 rings (SSSR count). The van der Waals surface area contributed by atoms with Crippen LogP contribution >= 0.6 is 0 Å². The number of hydrogen-bond donors (Lipinski definition) is 1. The Bertz CT molecular complexity index is 231. The normalized spacial score (nSPS) is 13.4. The molecule has 0 saturated carbocycles. The Morgan fingerprint density at radius 3 is 2.79 bits per heavy atom. The molecule has 1 atom stereocenters. The van der Waals surface area contributed by atoms with E-state index in [1.165, 1.54) is 5.56 Å². The Hall–Kier alpha value is -0.800. The first-order chi connectivity index (χ1) is 6.74. The van der Waals surface area contributed by atoms with Crippen molar-refractivity contribution in [3.05, 3.63) is 24.2 Å². The quantitative estimate of drug-likeness (QED) is 0.753. The summed E-state index contributed by atoms with van der Waals surface area (Å²) in [6, 6.07) is 2.40. The second-order valence-corrected chi connectivity index (χ2v) is 3.83. The molecule has 0 saturated heterocycles. The van der Waals surface area contributed by atoms with Gasteiger partial charge in [0.25, 0.3) is 0 Å². The van der Waals surface area contributed by atoms with Gasteiger partial charge in [-0.1, -0.05) is 6.92 Å². The Balaban J connectivity index is 2.53. The highest BCUT2D eigenvalue weighted by Crippen LogP contribution is 2.13. The summed E-state index contributed by atoms with van der Waals surface area (Å²) in [7, 11) is 4.17. The fraction of sp³-hybridized carbons (Fsp3) is 0.636. The zero-order valence-corrected chi connectivity index (χ0v) is 9.29. The van der Waals surface area contributed by atoms with Crippen LogP contribution in [0.1, 0.15) is 24.9 Å². The standard InChI is InChI=1S/C11H20N2O/c1-4-6-12-11(8-13(2)3)10-5-7-14-9-10/h5,7,9,11-12H,4,6,8H2,1-3H3. The van der Waals surface area contributed by atoms with Crippen LogP contribution in [0.3, 0.4) is 0 Å². The summed E-state index contributed by atoms with van der Waals surface area (Å²) in [6.45, 7) is 4.22. The van der Waals surface area contributed by atoms with Crippen LogP contribution in [0.25, 0.3) is 0 Å². The Labute approximate surface area is 86.1 Å². The zero-order valence-electron chi connectivity index (χ0n) is 9.29. The molecule has 0 amide bonds. The van der Waals surface area contributed by atoms with E-state index >= 15 is 0 Å². The molecule has 0 spiro atoms. The van der Waals surface area contributed by atoms with Gasteiger partial charge in [0.15, 0.2) is 0 Å². The van der Waals surface area contributed by atoms with Crippen LogP contribution in [0.2, 0.25) is 0 Å². The molecule has 1 aromatic heterocycles. The topological polar surface area (TPSA) is 28.4 Å². The lowest BCUT2D eigenvalue weighted by molar-refractivity contribution is 0.340. The maximum absolute atomic E-state index is 5.10. The van der Waals surface area contributed by atoms with Crippen LogP contribution in [-0.4, -0.2) is 32.1 Å². The number of nitrogens with one attached hydrogen (secondary N) is 1. The lowest BCUT2D eigenvalue weighted by Gasteiger charge is -2.21. The van der Waals surface area contributed by atoms with Crippen LogP contribution in [0, 0.1) is 0 Å². The number of nitrogens with zero attached hydrogens (tertiary/aromatic N) is 1. The monoisotopic (exact) mass is 196 g/mol. The molecule has 0 bridgehead atoms. The highest BCUT2D eigenvalue weighted by atomic mass is 16.3. The van der Waals surface area contributed by atoms with Gasteiger partial charge in [-0.05, 0) is 33.1 Å². The molecule has 3 nitrogen and oxygen atoms in total. The minimum Gasteiger partial charge on any atom is -0.472 e. The summed E-state index contributed by atoms with van der Waals surface area (Å²) >= 11 is 0. The van der Waals surface area contributed by atoms with Crippen molar-refractivity contribution >= 4 is 0 Å². The van der Waals surface area contributed by atoms with Crippen molar-refractivity contribution in [2.75, 3.05) is 27.2 Å². The van der Waals surface area contributed by atoms with Gasteiger partial charge in [-0.15, -0.1) is 0 Å². The van der Waals surface area contributed by atoms with E-state index in [0.29, 0.717) is 6.04 Å². The minimum atomic E-state index is 0.378. The van der Waals surface area contributed by atoms with Gasteiger partial charge in [0.05, 0.1) is 12.5 Å². The summed E-state index contributed by atoms with van der Waals surface area (Å²) in [5, 5.41) is 3.50. The third-order valence-corrected chi connectivity index (χ3v) is 2.13. The van der Waals surface area contributed by atoms with Crippen LogP contribution in [0.5, 0.6) is 0 Å². The van der Waals surface area contributed by atoms with Gasteiger partial charge >= 0.3 is 0 Å². The molecule has 1 N–H and O–H groups in total. The summed E-state index contributed by atoms with van der Waals surface area (Å²) < 4.78 is 5.10. The van der Waals surface area contributed by atoms with E-state index in [1.54, 1.807) is 6.26 Å². The van der Waals surface area contributed by atoms with Crippen molar-refractivity contribution in [2.24, 2.45) is 0 Å². The van der Waals surface area contributed by atoms with Crippen molar-refractivity contribution in [2.45, 2.75) is 19.4 Å². The maximum atomic E-state index is 5.10. The van der Waals surface area contributed by atoms with E-state index in [1.807, 2.05) is 12.3 Å². The van der Waals surface area contributed by atoms with Gasteiger partial charge in [0.2, 0.25) is 0 Å². The van der Waals surface area contributed by atoms with Crippen molar-refractivity contribution in [3.8, 4) is 0 Å². The molecule has 1 heterocycles. The highest BCUT2D eigenvalue weighted by molar-refractivity contribution is 5.11. The molecule has 0 aliphatic rings. The molecule has 0 radical (unpaired) electrons. The third-order valence-electron chi connectivity index (χ3n) is 2.13. The van der Waals surface area contributed by atoms with Crippen LogP contribution < -0.4 is 5.32 Å². The van der Waals surface area contributed by atoms with Crippen molar-refractivity contribution in [1.82, 2.24) is 10.2 Å². The molecule has 0 aliphatic carbocycles. The number of hydrogen-bond acceptors (Lipinski definition) is 3. The molecule has 0 aromatic carbocycles. The minimum absolute atomic E-state index is 0.378. The van der Waals surface area contributed by atoms with E-state index in [4.69, 9.17) is 4.42 Å². The summed E-state index contributed by atoms with van der Waals surface area (Å²) in [4.78, 5) is 2.18. The van der Waals surface area contributed by atoms with Crippen molar-refractivity contribution in [1.29, 1.82) is 0 Å². The number of likely N-dealkylation sites (N-methyl/N-ethyl adjacent to an activating group) is 1. The van der Waals surface area contributed by atoms with E-state index in [2.05, 4.69) is 31.2 Å². The summed E-state index contributed by atoms with van der Waals surface area (Å²) in [6.07, 6.45) is 4.70. The van der Waals surface area contributed by atoms with Crippen molar-refractivity contribution in [3.63, 3.8) is 0 Å². The molecule has 0 aliphatic heterocycles. The highest BCUT2D eigenvalue weighted by Gasteiger charge is 2.12. The van der Waals surface area contributed by atoms with E-state index in [9.17, 15) is 0 Å². The van der Waals surface area contributed by atoms with Gasteiger partial charge in [-0.3, -0.25) is 0 Å². The average Bonchev–Trinajstić information content (AvgIpc) is 2.64. The fourth-order valence-corrected chi connectivity index (χ4v) is 1.44. The second kappa shape index (κ2) is 5.83. The van der Waals surface area contributed by atoms with Crippen LogP contribution in [-0.2, 0) is 0 Å². The van der Waals surface area contributed by atoms with Crippen molar-refractivity contribution < 1.29 is 4.42 Å². The Morgan fingerprint density at radius 2 is 2.29 bits per heavy atom. The molecule has 0 fully saturated rings. The Kier molecular flexibility index (Phi) is 4.70. The summed E-state index contributed by atoms with van der Waals surface area (Å²) in [5.41, 5.74) is 1.23. The third kappa shape index (κ3) is 3.52. The molecule has 14 heavy (non-hydrogen) atoms. The first-order valence-corrected chi connectivity index (χ1v) is 5.14. The van der Waals surface area contributed by atoms with Gasteiger partial charge in [-0.2, -0.15) is 0 Å². The van der Waals surface area contributed by atoms with Crippen LogP contribution in [0.15, 0.2) is 23.0 Å². The van der Waals surface area contributed by atoms with Crippen LogP contribution in [0.4, 0.5) is 0 Å². The van der Waals surface area contributed by atoms with Gasteiger partial charge in [0, 0.05) is 18.2 Å². The molecule has 1 aromatic rings. The Morgan fingerprint density at radius 1 is 1.50 bits per heavy atom. The van der Waals surface area contributed by atoms with E-state index < -0.39 is 0 Å². The first-order valence-electron chi connectivity index (χ1n) is 5.14. The predicted octanol–water partition coefficient (Wildman–Crippen LogP) is 1.88. The first kappa shape index (κ1) is 11.3. The molecule has 3 heteroatoms. The van der Waals surface area contributed by atoms with Gasteiger partial charge < -0.3 is 14.6 Å². The molecular weight excluding hydrogens is 176 g/mol. The fourth-order valence-electron chi connectivity index (χ4n) is 1.44. The lowest BCUT2D eigenvalue weighted by atomic mass is 10.1. The number of furan rings is 1. The largest absolute Gasteiger partial charge is 0.472 e. The second-order valence-electron chi connectivity index (χ2n) is 3.83. The molecule has 80 valence electrons. The number of rotatable bonds is 6. The van der Waals surface area contributed by atoms with E-state index in [-0.39, 0.29) is 0 Å². The molecular formula is C11H20N2O. The zero-order chi connectivity index (χ0) is 10.4.